The van der Waals surface area contributed by atoms with E-state index in [9.17, 15) is 0 Å². The summed E-state index contributed by atoms with van der Waals surface area (Å²) in [6.07, 6.45) is 2.65. The zero-order chi connectivity index (χ0) is 11.3. The van der Waals surface area contributed by atoms with Crippen LogP contribution < -0.4 is 0 Å². The standard InChI is InChI=1S/C12H20O3/c1-12(2)10(5-6-13-3)7-11(12)8-15-9-14-4/h6,11H,7-9H2,1-4H3. The van der Waals surface area contributed by atoms with Crippen molar-refractivity contribution in [2.45, 2.75) is 20.3 Å². The number of methoxy groups -OCH3 is 2. The third kappa shape index (κ3) is 2.85. The van der Waals surface area contributed by atoms with Crippen LogP contribution in [0.2, 0.25) is 0 Å². The monoisotopic (exact) mass is 212 g/mol. The van der Waals surface area contributed by atoms with Gasteiger partial charge in [0.25, 0.3) is 0 Å². The van der Waals surface area contributed by atoms with Crippen LogP contribution in [0.3, 0.4) is 0 Å². The molecule has 3 nitrogen and oxygen atoms in total. The van der Waals surface area contributed by atoms with E-state index in [1.165, 1.54) is 5.57 Å². The Bertz CT molecular complexity index is 262. The predicted molar refractivity (Wildman–Crippen MR) is 58.3 cm³/mol. The highest BCUT2D eigenvalue weighted by molar-refractivity contribution is 5.23. The molecule has 0 aromatic rings. The smallest absolute Gasteiger partial charge is 0.146 e. The highest BCUT2D eigenvalue weighted by Crippen LogP contribution is 2.50. The van der Waals surface area contributed by atoms with Gasteiger partial charge in [0.2, 0.25) is 0 Å². The number of hydrogen-bond acceptors (Lipinski definition) is 3. The van der Waals surface area contributed by atoms with Crippen LogP contribution in [0.4, 0.5) is 0 Å². The summed E-state index contributed by atoms with van der Waals surface area (Å²) in [6.45, 7) is 5.55. The molecule has 1 aliphatic carbocycles. The molecule has 1 rings (SSSR count). The lowest BCUT2D eigenvalue weighted by atomic mass is 9.59. The van der Waals surface area contributed by atoms with Crippen LogP contribution in [0, 0.1) is 11.3 Å². The first kappa shape index (κ1) is 12.3. The molecule has 86 valence electrons. The van der Waals surface area contributed by atoms with Crippen molar-refractivity contribution in [3.8, 4) is 0 Å². The second-order valence-corrected chi connectivity index (χ2v) is 4.38. The Balaban J connectivity index is 2.45. The first-order chi connectivity index (χ1) is 7.12. The largest absolute Gasteiger partial charge is 0.496 e. The molecule has 0 radical (unpaired) electrons. The van der Waals surface area contributed by atoms with E-state index in [2.05, 4.69) is 19.6 Å². The van der Waals surface area contributed by atoms with E-state index in [1.54, 1.807) is 20.5 Å². The second kappa shape index (κ2) is 5.36. The Labute approximate surface area is 91.7 Å². The number of allylic oxidation sites excluding steroid dienone is 1. The molecule has 0 amide bonds. The minimum Gasteiger partial charge on any atom is -0.496 e. The van der Waals surface area contributed by atoms with Gasteiger partial charge in [0.1, 0.15) is 13.1 Å². The van der Waals surface area contributed by atoms with Crippen LogP contribution in [0.25, 0.3) is 0 Å². The summed E-state index contributed by atoms with van der Waals surface area (Å²) >= 11 is 0. The first-order valence-corrected chi connectivity index (χ1v) is 5.17. The summed E-state index contributed by atoms with van der Waals surface area (Å²) < 4.78 is 15.1. The van der Waals surface area contributed by atoms with Crippen LogP contribution in [0.5, 0.6) is 0 Å². The van der Waals surface area contributed by atoms with Crippen LogP contribution in [-0.2, 0) is 14.2 Å². The van der Waals surface area contributed by atoms with Crippen LogP contribution in [0.15, 0.2) is 17.6 Å². The Morgan fingerprint density at radius 1 is 1.47 bits per heavy atom. The molecule has 3 heteroatoms. The number of rotatable bonds is 5. The molecule has 0 aromatic heterocycles. The lowest BCUT2D eigenvalue weighted by Crippen LogP contribution is -2.40. The summed E-state index contributed by atoms with van der Waals surface area (Å²) in [5.41, 5.74) is 4.63. The average Bonchev–Trinajstić information content (AvgIpc) is 2.21. The SMILES string of the molecule is COC=C=C1CC(COCOC)C1(C)C. The van der Waals surface area contributed by atoms with Crippen molar-refractivity contribution in [3.05, 3.63) is 17.6 Å². The molecule has 0 aliphatic heterocycles. The Morgan fingerprint density at radius 3 is 2.73 bits per heavy atom. The Morgan fingerprint density at radius 2 is 2.20 bits per heavy atom. The van der Waals surface area contributed by atoms with E-state index in [-0.39, 0.29) is 5.41 Å². The zero-order valence-electron chi connectivity index (χ0n) is 10.0. The van der Waals surface area contributed by atoms with Crippen molar-refractivity contribution >= 4 is 0 Å². The molecular formula is C12H20O3. The third-order valence-corrected chi connectivity index (χ3v) is 3.12. The van der Waals surface area contributed by atoms with Crippen molar-refractivity contribution in [1.82, 2.24) is 0 Å². The van der Waals surface area contributed by atoms with Crippen LogP contribution in [-0.4, -0.2) is 27.6 Å². The minimum absolute atomic E-state index is 0.169. The summed E-state index contributed by atoms with van der Waals surface area (Å²) in [6, 6.07) is 0. The normalized spacial score (nSPS) is 22.9. The van der Waals surface area contributed by atoms with E-state index in [4.69, 9.17) is 14.2 Å². The van der Waals surface area contributed by atoms with E-state index in [0.29, 0.717) is 12.7 Å². The third-order valence-electron chi connectivity index (χ3n) is 3.12. The van der Waals surface area contributed by atoms with Gasteiger partial charge in [-0.3, -0.25) is 0 Å². The molecule has 0 heterocycles. The maximum absolute atomic E-state index is 5.37. The number of hydrogen-bond donors (Lipinski definition) is 0. The minimum atomic E-state index is 0.169. The predicted octanol–water partition coefficient (Wildman–Crippen LogP) is 2.34. The summed E-state index contributed by atoms with van der Waals surface area (Å²) in [7, 11) is 3.27. The van der Waals surface area contributed by atoms with E-state index >= 15 is 0 Å². The van der Waals surface area contributed by atoms with Gasteiger partial charge in [0, 0.05) is 7.11 Å². The lowest BCUT2D eigenvalue weighted by molar-refractivity contribution is -0.0659. The molecule has 1 unspecified atom stereocenters. The van der Waals surface area contributed by atoms with Crippen molar-refractivity contribution in [1.29, 1.82) is 0 Å². The quantitative estimate of drug-likeness (QED) is 0.303. The molecule has 0 spiro atoms. The number of ether oxygens (including phenoxy) is 3. The second-order valence-electron chi connectivity index (χ2n) is 4.38. The average molecular weight is 212 g/mol. The molecule has 1 fully saturated rings. The molecular weight excluding hydrogens is 192 g/mol. The van der Waals surface area contributed by atoms with Crippen molar-refractivity contribution in [2.24, 2.45) is 11.3 Å². The summed E-state index contributed by atoms with van der Waals surface area (Å²) in [5, 5.41) is 0. The topological polar surface area (TPSA) is 27.7 Å². The van der Waals surface area contributed by atoms with Crippen molar-refractivity contribution in [3.63, 3.8) is 0 Å². The van der Waals surface area contributed by atoms with E-state index in [0.717, 1.165) is 13.0 Å². The fourth-order valence-electron chi connectivity index (χ4n) is 1.80. The first-order valence-electron chi connectivity index (χ1n) is 5.17. The molecule has 1 aliphatic rings. The molecule has 0 N–H and O–H groups in total. The van der Waals surface area contributed by atoms with E-state index in [1.807, 2.05) is 0 Å². The van der Waals surface area contributed by atoms with Gasteiger partial charge in [0.15, 0.2) is 0 Å². The maximum Gasteiger partial charge on any atom is 0.146 e. The van der Waals surface area contributed by atoms with Gasteiger partial charge in [0.05, 0.1) is 13.7 Å². The van der Waals surface area contributed by atoms with Gasteiger partial charge >= 0.3 is 0 Å². The lowest BCUT2D eigenvalue weighted by Gasteiger charge is -2.46. The molecule has 0 bridgehead atoms. The van der Waals surface area contributed by atoms with Crippen molar-refractivity contribution in [2.75, 3.05) is 27.6 Å². The van der Waals surface area contributed by atoms with Gasteiger partial charge in [-0.2, -0.15) is 0 Å². The van der Waals surface area contributed by atoms with E-state index < -0.39 is 0 Å². The molecule has 15 heavy (non-hydrogen) atoms. The highest BCUT2D eigenvalue weighted by atomic mass is 16.7. The molecule has 1 atom stereocenters. The maximum atomic E-state index is 5.37. The van der Waals surface area contributed by atoms with Gasteiger partial charge in [-0.05, 0) is 23.3 Å². The van der Waals surface area contributed by atoms with Gasteiger partial charge in [-0.1, -0.05) is 19.6 Å². The fraction of sp³-hybridized carbons (Fsp3) is 0.750. The van der Waals surface area contributed by atoms with Gasteiger partial charge in [-0.25, -0.2) is 0 Å². The Hall–Kier alpha value is -0.760. The van der Waals surface area contributed by atoms with Crippen LogP contribution in [0.1, 0.15) is 20.3 Å². The summed E-state index contributed by atoms with van der Waals surface area (Å²) in [5.74, 6) is 0.556. The molecule has 1 saturated carbocycles. The Kier molecular flexibility index (Phi) is 4.40. The fourth-order valence-corrected chi connectivity index (χ4v) is 1.80. The van der Waals surface area contributed by atoms with Crippen LogP contribution >= 0.6 is 0 Å². The molecule has 0 aromatic carbocycles. The highest BCUT2D eigenvalue weighted by Gasteiger charge is 2.43. The van der Waals surface area contributed by atoms with Gasteiger partial charge < -0.3 is 14.2 Å². The van der Waals surface area contributed by atoms with Crippen molar-refractivity contribution < 1.29 is 14.2 Å². The van der Waals surface area contributed by atoms with Gasteiger partial charge in [-0.15, -0.1) is 0 Å². The zero-order valence-corrected chi connectivity index (χ0v) is 10.0. The molecule has 0 saturated heterocycles. The summed E-state index contributed by atoms with van der Waals surface area (Å²) in [4.78, 5) is 0.